The Morgan fingerprint density at radius 1 is 1.07 bits per heavy atom. The molecular weight excluding hydrogens is 532 g/mol. The molecule has 2 aliphatic rings. The summed E-state index contributed by atoms with van der Waals surface area (Å²) in [4.78, 5) is 32.6. The van der Waals surface area contributed by atoms with Gasteiger partial charge in [0, 0.05) is 48.6 Å². The fraction of sp³-hybridized carbons (Fsp3) is 0.258. The second kappa shape index (κ2) is 10.5. The fourth-order valence-electron chi connectivity index (χ4n) is 6.05. The number of nitrogens with one attached hydrogen (secondary N) is 1. The number of rotatable bonds is 6. The number of amides is 1. The molecule has 206 valence electrons. The summed E-state index contributed by atoms with van der Waals surface area (Å²) in [5.41, 5.74) is 13.1. The normalized spacial score (nSPS) is 17.2. The molecule has 1 saturated heterocycles. The molecule has 0 unspecified atom stereocenters. The first kappa shape index (κ1) is 25.6. The first-order valence-electron chi connectivity index (χ1n) is 13.9. The SMILES string of the molecule is C=CC(=O)N1CCC(N[C@H]2CCc3cc(-n4c(-c5cccnc5N)nc5ccc(-c6nccs6)nc54)ccc32)CC1. The van der Waals surface area contributed by atoms with Gasteiger partial charge in [-0.2, -0.15) is 0 Å². The highest BCUT2D eigenvalue weighted by Gasteiger charge is 2.29. The van der Waals surface area contributed by atoms with E-state index < -0.39 is 0 Å². The quantitative estimate of drug-likeness (QED) is 0.282. The number of hydrogen-bond acceptors (Lipinski definition) is 8. The number of piperidine rings is 1. The highest BCUT2D eigenvalue weighted by atomic mass is 32.1. The lowest BCUT2D eigenvalue weighted by molar-refractivity contribution is -0.127. The van der Waals surface area contributed by atoms with Crippen LogP contribution in [0.15, 0.2) is 72.9 Å². The van der Waals surface area contributed by atoms with Crippen LogP contribution >= 0.6 is 11.3 Å². The van der Waals surface area contributed by atoms with E-state index in [0.717, 1.165) is 71.9 Å². The number of aromatic nitrogens is 5. The number of pyridine rings is 2. The summed E-state index contributed by atoms with van der Waals surface area (Å²) in [6, 6.07) is 15.1. The zero-order valence-corrected chi connectivity index (χ0v) is 23.3. The van der Waals surface area contributed by atoms with Crippen LogP contribution in [0.3, 0.4) is 0 Å². The van der Waals surface area contributed by atoms with Gasteiger partial charge in [0.2, 0.25) is 5.91 Å². The second-order valence-corrected chi connectivity index (χ2v) is 11.4. The molecule has 0 radical (unpaired) electrons. The Morgan fingerprint density at radius 2 is 1.95 bits per heavy atom. The van der Waals surface area contributed by atoms with Crippen LogP contribution in [0.1, 0.15) is 36.4 Å². The van der Waals surface area contributed by atoms with Crippen LogP contribution in [0.25, 0.3) is 38.9 Å². The van der Waals surface area contributed by atoms with Gasteiger partial charge in [-0.3, -0.25) is 9.36 Å². The number of carbonyl (C=O) groups excluding carboxylic acids is 1. The van der Waals surface area contributed by atoms with Crippen molar-refractivity contribution in [2.45, 2.75) is 37.8 Å². The number of nitrogens with zero attached hydrogens (tertiary/aromatic N) is 6. The van der Waals surface area contributed by atoms with Crippen LogP contribution in [-0.2, 0) is 11.2 Å². The molecule has 7 rings (SSSR count). The van der Waals surface area contributed by atoms with Gasteiger partial charge in [-0.15, -0.1) is 11.3 Å². The third-order valence-corrected chi connectivity index (χ3v) is 8.91. The molecule has 3 N–H and O–H groups in total. The molecule has 0 bridgehead atoms. The first-order chi connectivity index (χ1) is 20.1. The van der Waals surface area contributed by atoms with Crippen molar-refractivity contribution in [2.24, 2.45) is 0 Å². The zero-order valence-electron chi connectivity index (χ0n) is 22.5. The van der Waals surface area contributed by atoms with E-state index in [0.29, 0.717) is 23.7 Å². The molecule has 1 aliphatic carbocycles. The summed E-state index contributed by atoms with van der Waals surface area (Å²) >= 11 is 1.56. The number of anilines is 1. The highest BCUT2D eigenvalue weighted by molar-refractivity contribution is 7.13. The fourth-order valence-corrected chi connectivity index (χ4v) is 6.66. The van der Waals surface area contributed by atoms with Crippen LogP contribution in [0.5, 0.6) is 0 Å². The number of benzene rings is 1. The first-order valence-corrected chi connectivity index (χ1v) is 14.8. The van der Waals surface area contributed by atoms with Gasteiger partial charge >= 0.3 is 0 Å². The van der Waals surface area contributed by atoms with Gasteiger partial charge in [0.15, 0.2) is 11.5 Å². The number of nitrogen functional groups attached to an aromatic ring is 1. The van der Waals surface area contributed by atoms with Gasteiger partial charge in [-0.1, -0.05) is 12.6 Å². The van der Waals surface area contributed by atoms with Crippen molar-refractivity contribution in [1.82, 2.24) is 34.7 Å². The number of hydrogen-bond donors (Lipinski definition) is 2. The maximum Gasteiger partial charge on any atom is 0.245 e. The minimum absolute atomic E-state index is 0.0230. The topological polar surface area (TPSA) is 115 Å². The molecule has 41 heavy (non-hydrogen) atoms. The molecule has 9 nitrogen and oxygen atoms in total. The Kier molecular flexibility index (Phi) is 6.56. The molecule has 1 atom stereocenters. The molecule has 1 aliphatic heterocycles. The van der Waals surface area contributed by atoms with E-state index in [4.69, 9.17) is 15.7 Å². The van der Waals surface area contributed by atoms with Gasteiger partial charge in [0.1, 0.15) is 22.0 Å². The van der Waals surface area contributed by atoms with Crippen molar-refractivity contribution >= 4 is 34.2 Å². The molecular formula is C31H30N8OS. The molecule has 1 fully saturated rings. The Labute approximate surface area is 241 Å². The maximum atomic E-state index is 12.0. The number of likely N-dealkylation sites (tertiary alicyclic amines) is 1. The van der Waals surface area contributed by atoms with Gasteiger partial charge in [0.25, 0.3) is 0 Å². The van der Waals surface area contributed by atoms with Crippen LogP contribution in [0.4, 0.5) is 5.82 Å². The summed E-state index contributed by atoms with van der Waals surface area (Å²) in [6.45, 7) is 5.16. The van der Waals surface area contributed by atoms with Crippen molar-refractivity contribution < 1.29 is 4.79 Å². The molecule has 1 amide bonds. The van der Waals surface area contributed by atoms with E-state index in [1.54, 1.807) is 23.7 Å². The minimum Gasteiger partial charge on any atom is -0.383 e. The van der Waals surface area contributed by atoms with Crippen molar-refractivity contribution in [3.05, 3.63) is 84.0 Å². The average molecular weight is 563 g/mol. The highest BCUT2D eigenvalue weighted by Crippen LogP contribution is 2.37. The number of fused-ring (bicyclic) bond motifs is 2. The van der Waals surface area contributed by atoms with E-state index in [2.05, 4.69) is 44.6 Å². The Hall–Kier alpha value is -4.41. The Balaban J connectivity index is 1.24. The predicted octanol–water partition coefficient (Wildman–Crippen LogP) is 4.94. The van der Waals surface area contributed by atoms with Crippen LogP contribution < -0.4 is 11.1 Å². The smallest absolute Gasteiger partial charge is 0.245 e. The van der Waals surface area contributed by atoms with Crippen molar-refractivity contribution in [1.29, 1.82) is 0 Å². The van der Waals surface area contributed by atoms with E-state index in [-0.39, 0.29) is 5.91 Å². The number of aryl methyl sites for hydroxylation is 1. The van der Waals surface area contributed by atoms with E-state index in [1.807, 2.05) is 34.5 Å². The molecule has 5 aromatic rings. The minimum atomic E-state index is 0.0230. The maximum absolute atomic E-state index is 12.0. The van der Waals surface area contributed by atoms with E-state index in [9.17, 15) is 4.79 Å². The molecule has 5 heterocycles. The summed E-state index contributed by atoms with van der Waals surface area (Å²) < 4.78 is 2.09. The monoisotopic (exact) mass is 562 g/mol. The number of thiazole rings is 1. The molecule has 0 saturated carbocycles. The summed E-state index contributed by atoms with van der Waals surface area (Å²) in [5, 5.41) is 6.70. The summed E-state index contributed by atoms with van der Waals surface area (Å²) in [5.74, 6) is 1.16. The Bertz CT molecular complexity index is 1750. The number of nitrogens with two attached hydrogens (primary N) is 1. The lowest BCUT2D eigenvalue weighted by Gasteiger charge is -2.33. The van der Waals surface area contributed by atoms with Crippen LogP contribution in [0.2, 0.25) is 0 Å². The van der Waals surface area contributed by atoms with Crippen molar-refractivity contribution in [2.75, 3.05) is 18.8 Å². The lowest BCUT2D eigenvalue weighted by atomic mass is 10.0. The predicted molar refractivity (Wildman–Crippen MR) is 162 cm³/mol. The zero-order chi connectivity index (χ0) is 27.9. The molecule has 0 spiro atoms. The largest absolute Gasteiger partial charge is 0.383 e. The second-order valence-electron chi connectivity index (χ2n) is 10.5. The third-order valence-electron chi connectivity index (χ3n) is 8.12. The number of imidazole rings is 1. The van der Waals surface area contributed by atoms with Gasteiger partial charge in [0.05, 0.1) is 5.56 Å². The molecule has 4 aromatic heterocycles. The van der Waals surface area contributed by atoms with Crippen LogP contribution in [-0.4, -0.2) is 54.4 Å². The average Bonchev–Trinajstić information content (AvgIpc) is 3.76. The van der Waals surface area contributed by atoms with Crippen LogP contribution in [0, 0.1) is 0 Å². The summed E-state index contributed by atoms with van der Waals surface area (Å²) in [7, 11) is 0. The van der Waals surface area contributed by atoms with Crippen molar-refractivity contribution in [3.63, 3.8) is 0 Å². The standard InChI is InChI=1S/C31H30N8OS/c1-2-27(40)38-15-11-20(12-16-38)35-24-8-5-19-18-21(6-7-22(19)24)39-29(23-4-3-13-33-28(23)32)36-25-9-10-26(37-30(25)39)31-34-14-17-41-31/h2-4,6-7,9-10,13-14,17-18,20,24,35H,1,5,8,11-12,15-16H2,(H2,32,33)/t24-/m0/s1. The molecule has 10 heteroatoms. The lowest BCUT2D eigenvalue weighted by Crippen LogP contribution is -2.45. The van der Waals surface area contributed by atoms with E-state index >= 15 is 0 Å². The van der Waals surface area contributed by atoms with E-state index in [1.165, 1.54) is 17.2 Å². The molecule has 1 aromatic carbocycles. The Morgan fingerprint density at radius 3 is 2.73 bits per heavy atom. The summed E-state index contributed by atoms with van der Waals surface area (Å²) in [6.07, 6.45) is 8.83. The van der Waals surface area contributed by atoms with Crippen molar-refractivity contribution in [3.8, 4) is 27.8 Å². The van der Waals surface area contributed by atoms with Gasteiger partial charge < -0.3 is 16.0 Å². The number of carbonyl (C=O) groups is 1. The third kappa shape index (κ3) is 4.68. The van der Waals surface area contributed by atoms with Gasteiger partial charge in [-0.05, 0) is 79.3 Å². The van der Waals surface area contributed by atoms with Gasteiger partial charge in [-0.25, -0.2) is 19.9 Å².